The van der Waals surface area contributed by atoms with Gasteiger partial charge in [-0.25, -0.2) is 4.79 Å². The summed E-state index contributed by atoms with van der Waals surface area (Å²) in [6.45, 7) is 2.38. The molecule has 9 heteroatoms. The number of H-pyrrole nitrogens is 1. The molecule has 0 aromatic carbocycles. The molecule has 0 aliphatic carbocycles. The summed E-state index contributed by atoms with van der Waals surface area (Å²) in [4.78, 5) is 36.4. The molecule has 4 atom stereocenters. The molecule has 0 spiro atoms. The first-order valence-corrected chi connectivity index (χ1v) is 6.28. The second-order valence-electron chi connectivity index (χ2n) is 4.83. The number of aryl methyl sites for hydroxylation is 1. The number of nitrogens with one attached hydrogen (secondary N) is 1. The molecule has 9 nitrogen and oxygen atoms in total. The Morgan fingerprint density at radius 2 is 2.14 bits per heavy atom. The van der Waals surface area contributed by atoms with Gasteiger partial charge in [0, 0.05) is 18.7 Å². The average molecular weight is 300 g/mol. The maximum atomic E-state index is 11.9. The van der Waals surface area contributed by atoms with Crippen LogP contribution in [0.5, 0.6) is 0 Å². The fraction of sp³-hybridized carbons (Fsp3) is 0.583. The summed E-state index contributed by atoms with van der Waals surface area (Å²) in [5, 5.41) is 19.5. The van der Waals surface area contributed by atoms with E-state index >= 15 is 0 Å². The van der Waals surface area contributed by atoms with E-state index in [1.807, 2.05) is 0 Å². The van der Waals surface area contributed by atoms with E-state index in [1.54, 1.807) is 0 Å². The third-order valence-corrected chi connectivity index (χ3v) is 3.17. The summed E-state index contributed by atoms with van der Waals surface area (Å²) >= 11 is 0. The lowest BCUT2D eigenvalue weighted by atomic mass is 10.0. The third-order valence-electron chi connectivity index (χ3n) is 3.17. The number of carbonyl (C=O) groups is 1. The second-order valence-corrected chi connectivity index (χ2v) is 4.83. The number of hydrogen-bond donors (Lipinski definition) is 3. The van der Waals surface area contributed by atoms with Crippen LogP contribution in [0.2, 0.25) is 0 Å². The first-order valence-electron chi connectivity index (χ1n) is 6.28. The van der Waals surface area contributed by atoms with Gasteiger partial charge < -0.3 is 19.7 Å². The largest absolute Gasteiger partial charge is 0.455 e. The molecular formula is C12H16N2O7. The molecule has 3 N–H and O–H groups in total. The Hall–Kier alpha value is -1.97. The van der Waals surface area contributed by atoms with Crippen molar-refractivity contribution in [2.45, 2.75) is 38.4 Å². The SMILES string of the molecule is CC(=O)O[C@H]1[C@H](O)[C@H](O)CO[C@@H]1n1cc(C)c(=O)[nH]c1=O. The zero-order valence-electron chi connectivity index (χ0n) is 11.5. The highest BCUT2D eigenvalue weighted by Gasteiger charge is 2.42. The summed E-state index contributed by atoms with van der Waals surface area (Å²) in [6.07, 6.45) is -3.83. The summed E-state index contributed by atoms with van der Waals surface area (Å²) in [7, 11) is 0. The number of aliphatic hydroxyl groups excluding tert-OH is 2. The summed E-state index contributed by atoms with van der Waals surface area (Å²) in [6, 6.07) is 0. The van der Waals surface area contributed by atoms with Gasteiger partial charge in [-0.1, -0.05) is 0 Å². The number of hydrogen-bond acceptors (Lipinski definition) is 7. The zero-order chi connectivity index (χ0) is 15.7. The lowest BCUT2D eigenvalue weighted by molar-refractivity contribution is -0.225. The maximum absolute atomic E-state index is 11.9. The van der Waals surface area contributed by atoms with Crippen LogP contribution in [0.15, 0.2) is 15.8 Å². The molecular weight excluding hydrogens is 284 g/mol. The number of rotatable bonds is 2. The van der Waals surface area contributed by atoms with Crippen molar-refractivity contribution in [1.29, 1.82) is 0 Å². The van der Waals surface area contributed by atoms with Crippen molar-refractivity contribution >= 4 is 5.97 Å². The Balaban J connectivity index is 2.44. The minimum absolute atomic E-state index is 0.242. The molecule has 1 saturated heterocycles. The molecule has 2 rings (SSSR count). The fourth-order valence-electron chi connectivity index (χ4n) is 2.11. The van der Waals surface area contributed by atoms with Crippen LogP contribution in [-0.2, 0) is 14.3 Å². The van der Waals surface area contributed by atoms with Gasteiger partial charge in [0.2, 0.25) is 0 Å². The number of nitrogens with zero attached hydrogens (tertiary/aromatic N) is 1. The lowest BCUT2D eigenvalue weighted by Gasteiger charge is -2.37. The van der Waals surface area contributed by atoms with Crippen molar-refractivity contribution < 1.29 is 24.5 Å². The van der Waals surface area contributed by atoms with Crippen molar-refractivity contribution in [3.05, 3.63) is 32.6 Å². The molecule has 2 heterocycles. The van der Waals surface area contributed by atoms with Gasteiger partial charge in [0.25, 0.3) is 5.56 Å². The van der Waals surface area contributed by atoms with Crippen molar-refractivity contribution in [1.82, 2.24) is 9.55 Å². The summed E-state index contributed by atoms with van der Waals surface area (Å²) < 4.78 is 11.2. The van der Waals surface area contributed by atoms with Gasteiger partial charge in [0.15, 0.2) is 12.3 Å². The van der Waals surface area contributed by atoms with Gasteiger partial charge in [-0.05, 0) is 6.92 Å². The average Bonchev–Trinajstić information content (AvgIpc) is 2.40. The Bertz CT molecular complexity index is 650. The van der Waals surface area contributed by atoms with Crippen LogP contribution in [0.25, 0.3) is 0 Å². The number of carbonyl (C=O) groups excluding carboxylic acids is 1. The monoisotopic (exact) mass is 300 g/mol. The normalized spacial score (nSPS) is 29.1. The molecule has 21 heavy (non-hydrogen) atoms. The fourth-order valence-corrected chi connectivity index (χ4v) is 2.11. The van der Waals surface area contributed by atoms with Crippen molar-refractivity contribution in [2.75, 3.05) is 6.61 Å². The Labute approximate surface area is 118 Å². The number of aliphatic hydroxyl groups is 2. The highest BCUT2D eigenvalue weighted by molar-refractivity contribution is 5.66. The lowest BCUT2D eigenvalue weighted by Crippen LogP contribution is -2.54. The van der Waals surface area contributed by atoms with Crippen LogP contribution < -0.4 is 11.2 Å². The van der Waals surface area contributed by atoms with E-state index in [1.165, 1.54) is 13.1 Å². The number of esters is 1. The van der Waals surface area contributed by atoms with Crippen molar-refractivity contribution in [3.8, 4) is 0 Å². The molecule has 1 fully saturated rings. The molecule has 116 valence electrons. The highest BCUT2D eigenvalue weighted by Crippen LogP contribution is 2.25. The topological polar surface area (TPSA) is 131 Å². The second kappa shape index (κ2) is 5.80. The Morgan fingerprint density at radius 3 is 2.76 bits per heavy atom. The van der Waals surface area contributed by atoms with Crippen LogP contribution >= 0.6 is 0 Å². The van der Waals surface area contributed by atoms with Gasteiger partial charge in [0.1, 0.15) is 12.2 Å². The predicted molar refractivity (Wildman–Crippen MR) is 68.6 cm³/mol. The van der Waals surface area contributed by atoms with Crippen LogP contribution in [0.4, 0.5) is 0 Å². The van der Waals surface area contributed by atoms with Crippen LogP contribution in [-0.4, -0.2) is 50.7 Å². The van der Waals surface area contributed by atoms with Gasteiger partial charge in [-0.3, -0.25) is 19.1 Å². The quantitative estimate of drug-likeness (QED) is 0.540. The molecule has 1 aromatic heterocycles. The molecule has 1 aromatic rings. The molecule has 0 unspecified atom stereocenters. The van der Waals surface area contributed by atoms with E-state index in [9.17, 15) is 24.6 Å². The predicted octanol–water partition coefficient (Wildman–Crippen LogP) is -1.97. The van der Waals surface area contributed by atoms with E-state index in [-0.39, 0.29) is 12.2 Å². The maximum Gasteiger partial charge on any atom is 0.330 e. The van der Waals surface area contributed by atoms with Crippen molar-refractivity contribution in [3.63, 3.8) is 0 Å². The van der Waals surface area contributed by atoms with E-state index in [0.29, 0.717) is 0 Å². The first-order chi connectivity index (χ1) is 9.81. The minimum Gasteiger partial charge on any atom is -0.455 e. The Kier molecular flexibility index (Phi) is 4.26. The van der Waals surface area contributed by atoms with E-state index in [2.05, 4.69) is 4.98 Å². The van der Waals surface area contributed by atoms with Gasteiger partial charge >= 0.3 is 11.7 Å². The van der Waals surface area contributed by atoms with Crippen molar-refractivity contribution in [2.24, 2.45) is 0 Å². The van der Waals surface area contributed by atoms with Crippen LogP contribution in [0.3, 0.4) is 0 Å². The zero-order valence-corrected chi connectivity index (χ0v) is 11.5. The van der Waals surface area contributed by atoms with Gasteiger partial charge in [-0.15, -0.1) is 0 Å². The van der Waals surface area contributed by atoms with Crippen LogP contribution in [0, 0.1) is 6.92 Å². The van der Waals surface area contributed by atoms with E-state index in [0.717, 1.165) is 11.5 Å². The number of aromatic nitrogens is 2. The summed E-state index contributed by atoms with van der Waals surface area (Å²) in [5.74, 6) is -0.698. The van der Waals surface area contributed by atoms with E-state index in [4.69, 9.17) is 9.47 Å². The number of aromatic amines is 1. The third kappa shape index (κ3) is 3.04. The molecule has 1 aliphatic heterocycles. The minimum atomic E-state index is -1.41. The molecule has 0 amide bonds. The standard InChI is InChI=1S/C12H16N2O7/c1-5-3-14(12(19)13-10(5)18)11-9(21-6(2)15)8(17)7(16)4-20-11/h3,7-9,11,16-17H,4H2,1-2H3,(H,13,18,19)/t7-,8-,9+,11+/m1/s1. The smallest absolute Gasteiger partial charge is 0.330 e. The summed E-state index contributed by atoms with van der Waals surface area (Å²) in [5.41, 5.74) is -1.06. The number of ether oxygens (including phenoxy) is 2. The van der Waals surface area contributed by atoms with E-state index < -0.39 is 41.8 Å². The van der Waals surface area contributed by atoms with Crippen LogP contribution in [0.1, 0.15) is 18.7 Å². The first kappa shape index (κ1) is 15.4. The molecule has 0 saturated carbocycles. The molecule has 1 aliphatic rings. The molecule has 0 bridgehead atoms. The highest BCUT2D eigenvalue weighted by atomic mass is 16.6. The molecule has 0 radical (unpaired) electrons. The van der Waals surface area contributed by atoms with Gasteiger partial charge in [-0.2, -0.15) is 0 Å². The Morgan fingerprint density at radius 1 is 1.48 bits per heavy atom. The van der Waals surface area contributed by atoms with Gasteiger partial charge in [0.05, 0.1) is 6.61 Å².